The fourth-order valence-corrected chi connectivity index (χ4v) is 2.60. The second kappa shape index (κ2) is 7.17. The Morgan fingerprint density at radius 2 is 1.96 bits per heavy atom. The number of rotatable bonds is 6. The van der Waals surface area contributed by atoms with Crippen LogP contribution in [-0.2, 0) is 11.2 Å². The predicted molar refractivity (Wildman–Crippen MR) is 89.9 cm³/mol. The minimum atomic E-state index is -0.359. The number of esters is 1. The van der Waals surface area contributed by atoms with Crippen LogP contribution in [0, 0.1) is 5.82 Å². The number of fused-ring (bicyclic) bond motifs is 1. The summed E-state index contributed by atoms with van der Waals surface area (Å²) in [5.41, 5.74) is 2.41. The van der Waals surface area contributed by atoms with Crippen LogP contribution in [0.5, 0.6) is 5.75 Å². The fourth-order valence-electron chi connectivity index (χ4n) is 2.60. The quantitative estimate of drug-likeness (QED) is 0.548. The normalized spacial score (nSPS) is 10.8. The Balaban J connectivity index is 1.52. The molecule has 0 bridgehead atoms. The lowest BCUT2D eigenvalue weighted by Gasteiger charge is -2.05. The monoisotopic (exact) mass is 327 g/mol. The number of aromatic amines is 1. The molecule has 0 spiro atoms. The van der Waals surface area contributed by atoms with Crippen LogP contribution in [0.4, 0.5) is 4.39 Å². The standard InChI is InChI=1S/C19H18FNO3/c1-23-16-7-4-13(5-8-16)19(22)24-10-2-3-14-12-21-18-9-6-15(20)11-17(14)18/h4-9,11-12,21H,2-3,10H2,1H3. The predicted octanol–water partition coefficient (Wildman–Crippen LogP) is 4.11. The number of hydrogen-bond donors (Lipinski definition) is 1. The molecule has 1 N–H and O–H groups in total. The van der Waals surface area contributed by atoms with Gasteiger partial charge in [0.15, 0.2) is 0 Å². The first-order chi connectivity index (χ1) is 11.7. The fraction of sp³-hybridized carbons (Fsp3) is 0.211. The molecule has 2 aromatic carbocycles. The van der Waals surface area contributed by atoms with Crippen molar-refractivity contribution >= 4 is 16.9 Å². The number of hydrogen-bond acceptors (Lipinski definition) is 3. The lowest BCUT2D eigenvalue weighted by Crippen LogP contribution is -2.07. The molecule has 0 fully saturated rings. The number of nitrogens with one attached hydrogen (secondary N) is 1. The van der Waals surface area contributed by atoms with E-state index >= 15 is 0 Å². The average Bonchev–Trinajstić information content (AvgIpc) is 3.00. The molecule has 0 amide bonds. The maximum Gasteiger partial charge on any atom is 0.338 e. The zero-order chi connectivity index (χ0) is 16.9. The summed E-state index contributed by atoms with van der Waals surface area (Å²) in [5.74, 6) is 0.0787. The summed E-state index contributed by atoms with van der Waals surface area (Å²) in [6.07, 6.45) is 3.25. The first-order valence-corrected chi connectivity index (χ1v) is 7.74. The van der Waals surface area contributed by atoms with Crippen molar-refractivity contribution in [3.8, 4) is 5.75 Å². The van der Waals surface area contributed by atoms with Gasteiger partial charge in [0, 0.05) is 17.1 Å². The van der Waals surface area contributed by atoms with Crippen molar-refractivity contribution in [3.63, 3.8) is 0 Å². The maximum atomic E-state index is 13.3. The number of H-pyrrole nitrogens is 1. The Hall–Kier alpha value is -2.82. The molecule has 0 unspecified atom stereocenters. The Morgan fingerprint density at radius 1 is 1.17 bits per heavy atom. The van der Waals surface area contributed by atoms with Crippen LogP contribution < -0.4 is 4.74 Å². The van der Waals surface area contributed by atoms with Crippen LogP contribution in [0.1, 0.15) is 22.3 Å². The van der Waals surface area contributed by atoms with E-state index in [1.54, 1.807) is 37.4 Å². The van der Waals surface area contributed by atoms with E-state index < -0.39 is 0 Å². The van der Waals surface area contributed by atoms with Crippen molar-refractivity contribution in [2.45, 2.75) is 12.8 Å². The average molecular weight is 327 g/mol. The van der Waals surface area contributed by atoms with Crippen LogP contribution >= 0.6 is 0 Å². The Kier molecular flexibility index (Phi) is 4.79. The Morgan fingerprint density at radius 3 is 2.71 bits per heavy atom. The van der Waals surface area contributed by atoms with Gasteiger partial charge in [-0.1, -0.05) is 0 Å². The largest absolute Gasteiger partial charge is 0.497 e. The lowest BCUT2D eigenvalue weighted by atomic mass is 10.1. The van der Waals surface area contributed by atoms with E-state index in [2.05, 4.69) is 4.98 Å². The van der Waals surface area contributed by atoms with E-state index in [9.17, 15) is 9.18 Å². The topological polar surface area (TPSA) is 51.3 Å². The van der Waals surface area contributed by atoms with Crippen molar-refractivity contribution in [2.24, 2.45) is 0 Å². The molecule has 0 aliphatic carbocycles. The van der Waals surface area contributed by atoms with E-state index in [4.69, 9.17) is 9.47 Å². The van der Waals surface area contributed by atoms with Crippen LogP contribution in [0.3, 0.4) is 0 Å². The zero-order valence-corrected chi connectivity index (χ0v) is 13.3. The van der Waals surface area contributed by atoms with Gasteiger partial charge < -0.3 is 14.5 Å². The van der Waals surface area contributed by atoms with Gasteiger partial charge in [0.1, 0.15) is 11.6 Å². The molecule has 0 saturated carbocycles. The molecule has 3 aromatic rings. The van der Waals surface area contributed by atoms with Crippen molar-refractivity contribution < 1.29 is 18.7 Å². The summed E-state index contributed by atoms with van der Waals surface area (Å²) >= 11 is 0. The van der Waals surface area contributed by atoms with Crippen molar-refractivity contribution in [1.82, 2.24) is 4.98 Å². The summed E-state index contributed by atoms with van der Waals surface area (Å²) in [7, 11) is 1.57. The molecular weight excluding hydrogens is 309 g/mol. The number of methoxy groups -OCH3 is 1. The van der Waals surface area contributed by atoms with Gasteiger partial charge in [-0.25, -0.2) is 9.18 Å². The van der Waals surface area contributed by atoms with Gasteiger partial charge in [0.25, 0.3) is 0 Å². The highest BCUT2D eigenvalue weighted by atomic mass is 19.1. The third-order valence-corrected chi connectivity index (χ3v) is 3.88. The van der Waals surface area contributed by atoms with Gasteiger partial charge in [-0.3, -0.25) is 0 Å². The third kappa shape index (κ3) is 3.56. The molecule has 124 valence electrons. The summed E-state index contributed by atoms with van der Waals surface area (Å²) in [4.78, 5) is 15.1. The third-order valence-electron chi connectivity index (χ3n) is 3.88. The van der Waals surface area contributed by atoms with E-state index in [1.165, 1.54) is 12.1 Å². The highest BCUT2D eigenvalue weighted by molar-refractivity contribution is 5.89. The summed E-state index contributed by atoms with van der Waals surface area (Å²) in [6.45, 7) is 0.312. The van der Waals surface area contributed by atoms with Gasteiger partial charge in [0.05, 0.1) is 19.3 Å². The number of ether oxygens (including phenoxy) is 2. The van der Waals surface area contributed by atoms with Gasteiger partial charge in [-0.15, -0.1) is 0 Å². The molecule has 0 aliphatic heterocycles. The molecule has 4 nitrogen and oxygen atoms in total. The second-order valence-corrected chi connectivity index (χ2v) is 5.47. The highest BCUT2D eigenvalue weighted by Gasteiger charge is 2.08. The van der Waals surface area contributed by atoms with Gasteiger partial charge in [-0.2, -0.15) is 0 Å². The number of carbonyl (C=O) groups is 1. The van der Waals surface area contributed by atoms with E-state index in [-0.39, 0.29) is 11.8 Å². The molecule has 0 atom stereocenters. The summed E-state index contributed by atoms with van der Waals surface area (Å²) in [5, 5.41) is 0.872. The number of benzene rings is 2. The molecule has 1 aromatic heterocycles. The van der Waals surface area contributed by atoms with Gasteiger partial charge in [-0.05, 0) is 60.9 Å². The molecular formula is C19H18FNO3. The van der Waals surface area contributed by atoms with Crippen molar-refractivity contribution in [1.29, 1.82) is 0 Å². The van der Waals surface area contributed by atoms with E-state index in [0.717, 1.165) is 16.5 Å². The van der Waals surface area contributed by atoms with Gasteiger partial charge in [0.2, 0.25) is 0 Å². The zero-order valence-electron chi connectivity index (χ0n) is 13.3. The highest BCUT2D eigenvalue weighted by Crippen LogP contribution is 2.20. The molecule has 0 saturated heterocycles. The number of halogens is 1. The first-order valence-electron chi connectivity index (χ1n) is 7.74. The van der Waals surface area contributed by atoms with Crippen LogP contribution in [-0.4, -0.2) is 24.7 Å². The van der Waals surface area contributed by atoms with Crippen LogP contribution in [0.25, 0.3) is 10.9 Å². The lowest BCUT2D eigenvalue weighted by molar-refractivity contribution is 0.0500. The smallest absolute Gasteiger partial charge is 0.338 e. The minimum absolute atomic E-state index is 0.255. The van der Waals surface area contributed by atoms with E-state index in [1.807, 2.05) is 6.20 Å². The first kappa shape index (κ1) is 16.1. The van der Waals surface area contributed by atoms with E-state index in [0.29, 0.717) is 30.8 Å². The summed E-state index contributed by atoms with van der Waals surface area (Å²) < 4.78 is 23.7. The number of aryl methyl sites for hydroxylation is 1. The van der Waals surface area contributed by atoms with Crippen LogP contribution in [0.15, 0.2) is 48.7 Å². The molecule has 24 heavy (non-hydrogen) atoms. The van der Waals surface area contributed by atoms with Gasteiger partial charge >= 0.3 is 5.97 Å². The Labute approximate surface area is 139 Å². The maximum absolute atomic E-state index is 13.3. The van der Waals surface area contributed by atoms with Crippen molar-refractivity contribution in [3.05, 3.63) is 65.6 Å². The number of carbonyl (C=O) groups excluding carboxylic acids is 1. The molecule has 3 rings (SSSR count). The minimum Gasteiger partial charge on any atom is -0.497 e. The molecule has 1 heterocycles. The summed E-state index contributed by atoms with van der Waals surface area (Å²) in [6, 6.07) is 11.4. The second-order valence-electron chi connectivity index (χ2n) is 5.47. The Bertz CT molecular complexity index is 839. The van der Waals surface area contributed by atoms with Crippen LogP contribution in [0.2, 0.25) is 0 Å². The molecule has 0 radical (unpaired) electrons. The van der Waals surface area contributed by atoms with Crippen molar-refractivity contribution in [2.75, 3.05) is 13.7 Å². The number of aromatic nitrogens is 1. The SMILES string of the molecule is COc1ccc(C(=O)OCCCc2c[nH]c3ccc(F)cc23)cc1. The molecule has 5 heteroatoms. The molecule has 0 aliphatic rings.